The summed E-state index contributed by atoms with van der Waals surface area (Å²) in [5.41, 5.74) is 3.96. The van der Waals surface area contributed by atoms with Gasteiger partial charge < -0.3 is 4.98 Å². The van der Waals surface area contributed by atoms with Gasteiger partial charge in [-0.3, -0.25) is 14.8 Å². The van der Waals surface area contributed by atoms with Gasteiger partial charge in [0.2, 0.25) is 0 Å². The molecule has 7 heteroatoms. The summed E-state index contributed by atoms with van der Waals surface area (Å²) in [5, 5.41) is 7.73. The minimum atomic E-state index is -0.186. The number of aromatic amines is 2. The molecular weight excluding hydrogens is 350 g/mol. The molecule has 0 bridgehead atoms. The Balaban J connectivity index is 1.62. The first-order valence-electron chi connectivity index (χ1n) is 8.07. The zero-order valence-electron chi connectivity index (χ0n) is 14.2. The number of fused-ring (bicyclic) bond motifs is 1. The molecular formula is C19H16ClN5O. The molecule has 0 aliphatic heterocycles. The summed E-state index contributed by atoms with van der Waals surface area (Å²) in [7, 11) is 1.68. The number of benzene rings is 2. The van der Waals surface area contributed by atoms with E-state index >= 15 is 0 Å². The number of hydrogen-bond donors (Lipinski definition) is 2. The molecule has 0 radical (unpaired) electrons. The number of nitrogens with one attached hydrogen (secondary N) is 2. The van der Waals surface area contributed by atoms with Crippen molar-refractivity contribution >= 4 is 34.4 Å². The number of imidazole rings is 1. The molecule has 0 fully saturated rings. The monoisotopic (exact) mass is 365 g/mol. The largest absolute Gasteiger partial charge is 0.337 e. The summed E-state index contributed by atoms with van der Waals surface area (Å²) in [6, 6.07) is 14.8. The van der Waals surface area contributed by atoms with Crippen molar-refractivity contribution in [2.45, 2.75) is 6.92 Å². The van der Waals surface area contributed by atoms with Crippen LogP contribution in [0.4, 0.5) is 5.82 Å². The minimum absolute atomic E-state index is 0.186. The third kappa shape index (κ3) is 2.84. The van der Waals surface area contributed by atoms with Crippen LogP contribution in [0.5, 0.6) is 0 Å². The number of anilines is 1. The Morgan fingerprint density at radius 3 is 2.73 bits per heavy atom. The highest BCUT2D eigenvalue weighted by Gasteiger charge is 2.18. The number of amides is 1. The van der Waals surface area contributed by atoms with Gasteiger partial charge in [-0.05, 0) is 36.8 Å². The Morgan fingerprint density at radius 1 is 1.15 bits per heavy atom. The van der Waals surface area contributed by atoms with Crippen LogP contribution in [0.2, 0.25) is 5.02 Å². The van der Waals surface area contributed by atoms with E-state index in [1.165, 1.54) is 4.90 Å². The average molecular weight is 366 g/mol. The summed E-state index contributed by atoms with van der Waals surface area (Å²) >= 11 is 6.13. The Morgan fingerprint density at radius 2 is 1.96 bits per heavy atom. The van der Waals surface area contributed by atoms with Gasteiger partial charge in [-0.2, -0.15) is 5.10 Å². The summed E-state index contributed by atoms with van der Waals surface area (Å²) in [4.78, 5) is 21.9. The van der Waals surface area contributed by atoms with Crippen molar-refractivity contribution in [2.75, 3.05) is 11.9 Å². The third-order valence-electron chi connectivity index (χ3n) is 4.28. The first-order chi connectivity index (χ1) is 12.5. The summed E-state index contributed by atoms with van der Waals surface area (Å²) in [5.74, 6) is 0.987. The molecule has 2 aromatic carbocycles. The second kappa shape index (κ2) is 6.31. The smallest absolute Gasteiger partial charge is 0.259 e. The van der Waals surface area contributed by atoms with Gasteiger partial charge >= 0.3 is 0 Å². The molecule has 26 heavy (non-hydrogen) atoms. The SMILES string of the molecule is Cc1ccc(C(=O)N(C)c2cc(-c3nc4ccccc4[nH]3)[nH]n2)cc1Cl. The van der Waals surface area contributed by atoms with Gasteiger partial charge in [0, 0.05) is 23.7 Å². The fraction of sp³-hybridized carbons (Fsp3) is 0.105. The summed E-state index contributed by atoms with van der Waals surface area (Å²) < 4.78 is 0. The van der Waals surface area contributed by atoms with Crippen molar-refractivity contribution in [1.29, 1.82) is 0 Å². The van der Waals surface area contributed by atoms with Gasteiger partial charge in [-0.25, -0.2) is 4.98 Å². The molecule has 0 aliphatic carbocycles. The lowest BCUT2D eigenvalue weighted by molar-refractivity contribution is 0.0992. The van der Waals surface area contributed by atoms with Crippen molar-refractivity contribution < 1.29 is 4.79 Å². The van der Waals surface area contributed by atoms with Crippen LogP contribution in [0, 0.1) is 6.92 Å². The molecule has 1 amide bonds. The van der Waals surface area contributed by atoms with E-state index in [1.807, 2.05) is 37.3 Å². The van der Waals surface area contributed by atoms with E-state index in [-0.39, 0.29) is 5.91 Å². The molecule has 4 rings (SSSR count). The normalized spacial score (nSPS) is 11.0. The Hall–Kier alpha value is -3.12. The average Bonchev–Trinajstić information content (AvgIpc) is 3.29. The highest BCUT2D eigenvalue weighted by molar-refractivity contribution is 6.31. The van der Waals surface area contributed by atoms with Crippen LogP contribution < -0.4 is 4.90 Å². The van der Waals surface area contributed by atoms with Crippen LogP contribution in [0.25, 0.3) is 22.6 Å². The molecule has 2 heterocycles. The standard InChI is InChI=1S/C19H16ClN5O/c1-11-7-8-12(9-13(11)20)19(26)25(2)17-10-16(23-24-17)18-21-14-5-3-4-6-15(14)22-18/h3-10H,1-2H3,(H,21,22)(H,23,24). The number of aryl methyl sites for hydroxylation is 1. The third-order valence-corrected chi connectivity index (χ3v) is 4.68. The van der Waals surface area contributed by atoms with Gasteiger partial charge in [0.15, 0.2) is 11.6 Å². The second-order valence-electron chi connectivity index (χ2n) is 6.07. The van der Waals surface area contributed by atoms with Crippen LogP contribution in [0.15, 0.2) is 48.5 Å². The van der Waals surface area contributed by atoms with Crippen molar-refractivity contribution in [3.05, 3.63) is 64.7 Å². The molecule has 0 saturated heterocycles. The lowest BCUT2D eigenvalue weighted by Gasteiger charge is -2.14. The predicted octanol–water partition coefficient (Wildman–Crippen LogP) is 4.19. The van der Waals surface area contributed by atoms with Crippen molar-refractivity contribution in [1.82, 2.24) is 20.2 Å². The fourth-order valence-corrected chi connectivity index (χ4v) is 2.89. The van der Waals surface area contributed by atoms with Crippen LogP contribution in [0.3, 0.4) is 0 Å². The first kappa shape index (κ1) is 16.4. The van der Waals surface area contributed by atoms with Gasteiger partial charge in [0.05, 0.1) is 11.0 Å². The van der Waals surface area contributed by atoms with Crippen LogP contribution >= 0.6 is 11.6 Å². The zero-order chi connectivity index (χ0) is 18.3. The van der Waals surface area contributed by atoms with Gasteiger partial charge in [-0.15, -0.1) is 0 Å². The predicted molar refractivity (Wildman–Crippen MR) is 103 cm³/mol. The van der Waals surface area contributed by atoms with Gasteiger partial charge in [0.1, 0.15) is 5.69 Å². The zero-order valence-corrected chi connectivity index (χ0v) is 15.0. The number of carbonyl (C=O) groups excluding carboxylic acids is 1. The number of para-hydroxylation sites is 2. The number of aromatic nitrogens is 4. The number of carbonyl (C=O) groups is 1. The molecule has 2 aromatic heterocycles. The fourth-order valence-electron chi connectivity index (χ4n) is 2.71. The van der Waals surface area contributed by atoms with Crippen molar-refractivity contribution in [2.24, 2.45) is 0 Å². The molecule has 0 spiro atoms. The topological polar surface area (TPSA) is 77.7 Å². The van der Waals surface area contributed by atoms with Crippen LogP contribution in [-0.4, -0.2) is 33.1 Å². The van der Waals surface area contributed by atoms with E-state index in [0.717, 1.165) is 16.6 Å². The van der Waals surface area contributed by atoms with E-state index in [1.54, 1.807) is 25.2 Å². The van der Waals surface area contributed by atoms with E-state index in [4.69, 9.17) is 11.6 Å². The molecule has 0 saturated carbocycles. The Kier molecular flexibility index (Phi) is 3.97. The lowest BCUT2D eigenvalue weighted by atomic mass is 10.1. The number of nitrogens with zero attached hydrogens (tertiary/aromatic N) is 3. The van der Waals surface area contributed by atoms with Crippen molar-refractivity contribution in [3.8, 4) is 11.5 Å². The number of hydrogen-bond acceptors (Lipinski definition) is 3. The number of halogens is 1. The molecule has 0 unspecified atom stereocenters. The maximum Gasteiger partial charge on any atom is 0.259 e. The van der Waals surface area contributed by atoms with E-state index in [0.29, 0.717) is 27.9 Å². The van der Waals surface area contributed by atoms with E-state index < -0.39 is 0 Å². The van der Waals surface area contributed by atoms with Gasteiger partial charge in [-0.1, -0.05) is 29.8 Å². The van der Waals surface area contributed by atoms with Gasteiger partial charge in [0.25, 0.3) is 5.91 Å². The molecule has 130 valence electrons. The minimum Gasteiger partial charge on any atom is -0.337 e. The summed E-state index contributed by atoms with van der Waals surface area (Å²) in [6.45, 7) is 1.90. The van der Waals surface area contributed by atoms with E-state index in [2.05, 4.69) is 20.2 Å². The Labute approximate surface area is 154 Å². The number of H-pyrrole nitrogens is 2. The highest BCUT2D eigenvalue weighted by Crippen LogP contribution is 2.23. The molecule has 6 nitrogen and oxygen atoms in total. The number of rotatable bonds is 3. The first-order valence-corrected chi connectivity index (χ1v) is 8.45. The van der Waals surface area contributed by atoms with Crippen LogP contribution in [-0.2, 0) is 0 Å². The maximum absolute atomic E-state index is 12.7. The summed E-state index contributed by atoms with van der Waals surface area (Å²) in [6.07, 6.45) is 0. The molecule has 0 atom stereocenters. The van der Waals surface area contributed by atoms with Crippen LogP contribution in [0.1, 0.15) is 15.9 Å². The van der Waals surface area contributed by atoms with E-state index in [9.17, 15) is 4.79 Å². The maximum atomic E-state index is 12.7. The lowest BCUT2D eigenvalue weighted by Crippen LogP contribution is -2.26. The molecule has 2 N–H and O–H groups in total. The molecule has 4 aromatic rings. The second-order valence-corrected chi connectivity index (χ2v) is 6.48. The Bertz CT molecular complexity index is 1080. The quantitative estimate of drug-likeness (QED) is 0.571. The van der Waals surface area contributed by atoms with Crippen molar-refractivity contribution in [3.63, 3.8) is 0 Å². The molecule has 0 aliphatic rings. The highest BCUT2D eigenvalue weighted by atomic mass is 35.5.